The Bertz CT molecular complexity index is 730. The molecule has 0 spiro atoms. The van der Waals surface area contributed by atoms with Gasteiger partial charge in [-0.25, -0.2) is 4.98 Å². The van der Waals surface area contributed by atoms with Crippen molar-refractivity contribution >= 4 is 16.5 Å². The lowest BCUT2D eigenvalue weighted by Crippen LogP contribution is -1.86. The molecule has 102 valence electrons. The van der Waals surface area contributed by atoms with Crippen molar-refractivity contribution in [3.63, 3.8) is 0 Å². The first kappa shape index (κ1) is 12.8. The molecular weight excluding hydrogens is 272 g/mol. The molecule has 0 atom stereocenters. The number of nitrogens with two attached hydrogens (primary N) is 1. The molecule has 20 heavy (non-hydrogen) atoms. The first-order valence-corrected chi connectivity index (χ1v) is 7.15. The third-order valence-corrected chi connectivity index (χ3v) is 3.89. The molecule has 0 bridgehead atoms. The van der Waals surface area contributed by atoms with Gasteiger partial charge in [-0.15, -0.1) is 0 Å². The lowest BCUT2D eigenvalue weighted by Gasteiger charge is -1.94. The van der Waals surface area contributed by atoms with Crippen LogP contribution < -0.4 is 5.73 Å². The van der Waals surface area contributed by atoms with Crippen LogP contribution in [0.3, 0.4) is 0 Å². The number of aryl methyl sites for hydroxylation is 2. The van der Waals surface area contributed by atoms with Gasteiger partial charge in [-0.3, -0.25) is 0 Å². The number of hydrogen-bond donors (Lipinski definition) is 1. The fourth-order valence-electron chi connectivity index (χ4n) is 1.91. The van der Waals surface area contributed by atoms with Crippen molar-refractivity contribution in [3.05, 3.63) is 35.5 Å². The van der Waals surface area contributed by atoms with Gasteiger partial charge >= 0.3 is 0 Å². The minimum atomic E-state index is 0.478. The molecule has 0 radical (unpaired) electrons. The molecule has 5 nitrogen and oxygen atoms in total. The maximum absolute atomic E-state index is 5.74. The molecule has 1 aromatic carbocycles. The van der Waals surface area contributed by atoms with Crippen LogP contribution in [0.15, 0.2) is 28.8 Å². The molecule has 2 N–H and O–H groups in total. The number of benzene rings is 1. The van der Waals surface area contributed by atoms with E-state index in [9.17, 15) is 0 Å². The maximum atomic E-state index is 5.74. The number of rotatable bonds is 3. The molecule has 2 aromatic heterocycles. The van der Waals surface area contributed by atoms with Crippen LogP contribution >= 0.6 is 11.3 Å². The highest BCUT2D eigenvalue weighted by Crippen LogP contribution is 2.32. The summed E-state index contributed by atoms with van der Waals surface area (Å²) in [6.45, 7) is 4.06. The van der Waals surface area contributed by atoms with E-state index < -0.39 is 0 Å². The van der Waals surface area contributed by atoms with Crippen LogP contribution in [0.1, 0.15) is 18.2 Å². The Morgan fingerprint density at radius 3 is 2.65 bits per heavy atom. The standard InChI is InChI=1S/C14H14N4OS/c1-3-10-11(20-14(15)16-10)13-17-12(18-19-13)9-6-4-8(2)5-7-9/h4-7H,3H2,1-2H3,(H2,15,16). The summed E-state index contributed by atoms with van der Waals surface area (Å²) in [6, 6.07) is 8.00. The zero-order valence-electron chi connectivity index (χ0n) is 11.3. The average Bonchev–Trinajstić information content (AvgIpc) is 3.05. The SMILES string of the molecule is CCc1nc(N)sc1-c1nc(-c2ccc(C)cc2)no1. The van der Waals surface area contributed by atoms with Crippen molar-refractivity contribution in [1.29, 1.82) is 0 Å². The van der Waals surface area contributed by atoms with E-state index in [1.807, 2.05) is 38.1 Å². The molecule has 3 rings (SSSR count). The van der Waals surface area contributed by atoms with Gasteiger partial charge in [0.2, 0.25) is 5.82 Å². The van der Waals surface area contributed by atoms with E-state index in [2.05, 4.69) is 15.1 Å². The summed E-state index contributed by atoms with van der Waals surface area (Å²) in [5.74, 6) is 1.06. The number of thiazole rings is 1. The van der Waals surface area contributed by atoms with Crippen molar-refractivity contribution < 1.29 is 4.52 Å². The van der Waals surface area contributed by atoms with E-state index in [1.165, 1.54) is 16.9 Å². The summed E-state index contributed by atoms with van der Waals surface area (Å²) < 4.78 is 5.34. The second-order valence-electron chi connectivity index (χ2n) is 4.47. The van der Waals surface area contributed by atoms with Gasteiger partial charge in [0.15, 0.2) is 5.13 Å². The van der Waals surface area contributed by atoms with Crippen molar-refractivity contribution in [1.82, 2.24) is 15.1 Å². The quantitative estimate of drug-likeness (QED) is 0.799. The van der Waals surface area contributed by atoms with Gasteiger partial charge in [0.1, 0.15) is 4.88 Å². The van der Waals surface area contributed by atoms with Gasteiger partial charge in [0.25, 0.3) is 5.89 Å². The summed E-state index contributed by atoms with van der Waals surface area (Å²) in [4.78, 5) is 9.56. The minimum absolute atomic E-state index is 0.478. The molecule has 3 aromatic rings. The van der Waals surface area contributed by atoms with Crippen molar-refractivity contribution in [2.24, 2.45) is 0 Å². The van der Waals surface area contributed by atoms with Gasteiger partial charge in [0.05, 0.1) is 5.69 Å². The number of nitrogens with zero attached hydrogens (tertiary/aromatic N) is 3. The van der Waals surface area contributed by atoms with Crippen LogP contribution in [0.2, 0.25) is 0 Å². The Hall–Kier alpha value is -2.21. The van der Waals surface area contributed by atoms with Crippen molar-refractivity contribution in [3.8, 4) is 22.2 Å². The predicted molar refractivity (Wildman–Crippen MR) is 79.4 cm³/mol. The summed E-state index contributed by atoms with van der Waals surface area (Å²) >= 11 is 1.37. The largest absolute Gasteiger partial charge is 0.375 e. The zero-order chi connectivity index (χ0) is 14.1. The molecule has 0 aliphatic heterocycles. The number of nitrogen functional groups attached to an aromatic ring is 1. The summed E-state index contributed by atoms with van der Waals surface area (Å²) in [5, 5.41) is 4.55. The van der Waals surface area contributed by atoms with E-state index in [-0.39, 0.29) is 0 Å². The lowest BCUT2D eigenvalue weighted by atomic mass is 10.1. The topological polar surface area (TPSA) is 77.8 Å². The third-order valence-electron chi connectivity index (χ3n) is 2.98. The van der Waals surface area contributed by atoms with Gasteiger partial charge in [-0.2, -0.15) is 4.98 Å². The molecule has 0 amide bonds. The van der Waals surface area contributed by atoms with E-state index in [0.717, 1.165) is 22.6 Å². The van der Waals surface area contributed by atoms with E-state index in [1.54, 1.807) is 0 Å². The first-order valence-electron chi connectivity index (χ1n) is 6.33. The van der Waals surface area contributed by atoms with Gasteiger partial charge in [-0.1, -0.05) is 53.2 Å². The van der Waals surface area contributed by atoms with Gasteiger partial charge in [0, 0.05) is 5.56 Å². The third kappa shape index (κ3) is 2.30. The number of hydrogen-bond acceptors (Lipinski definition) is 6. The summed E-state index contributed by atoms with van der Waals surface area (Å²) in [6.07, 6.45) is 0.783. The van der Waals surface area contributed by atoms with Crippen molar-refractivity contribution in [2.45, 2.75) is 20.3 Å². The Balaban J connectivity index is 1.99. The van der Waals surface area contributed by atoms with Crippen LogP contribution in [0.5, 0.6) is 0 Å². The molecule has 0 aliphatic carbocycles. The normalized spacial score (nSPS) is 10.9. The highest BCUT2D eigenvalue weighted by atomic mass is 32.1. The van der Waals surface area contributed by atoms with Crippen molar-refractivity contribution in [2.75, 3.05) is 5.73 Å². The Kier molecular flexibility index (Phi) is 3.23. The monoisotopic (exact) mass is 286 g/mol. The highest BCUT2D eigenvalue weighted by Gasteiger charge is 2.17. The molecule has 6 heteroatoms. The molecule has 0 fully saturated rings. The zero-order valence-corrected chi connectivity index (χ0v) is 12.1. The fraction of sp³-hybridized carbons (Fsp3) is 0.214. The summed E-state index contributed by atoms with van der Waals surface area (Å²) in [7, 11) is 0. The van der Waals surface area contributed by atoms with Crippen LogP contribution in [-0.2, 0) is 6.42 Å². The highest BCUT2D eigenvalue weighted by molar-refractivity contribution is 7.18. The Morgan fingerprint density at radius 2 is 1.95 bits per heavy atom. The molecular formula is C14H14N4OS. The maximum Gasteiger partial charge on any atom is 0.270 e. The summed E-state index contributed by atoms with van der Waals surface area (Å²) in [5.41, 5.74) is 8.77. The van der Waals surface area contributed by atoms with Gasteiger partial charge in [-0.05, 0) is 13.3 Å². The first-order chi connectivity index (χ1) is 9.67. The number of anilines is 1. The minimum Gasteiger partial charge on any atom is -0.375 e. The molecule has 0 aliphatic rings. The predicted octanol–water partition coefficient (Wildman–Crippen LogP) is 3.31. The smallest absolute Gasteiger partial charge is 0.270 e. The second-order valence-corrected chi connectivity index (χ2v) is 5.50. The van der Waals surface area contributed by atoms with E-state index in [0.29, 0.717) is 16.8 Å². The van der Waals surface area contributed by atoms with E-state index in [4.69, 9.17) is 10.3 Å². The average molecular weight is 286 g/mol. The Labute approximate surface area is 120 Å². The molecule has 0 saturated heterocycles. The van der Waals surface area contributed by atoms with Crippen LogP contribution in [0.25, 0.3) is 22.2 Å². The fourth-order valence-corrected chi connectivity index (χ4v) is 2.76. The Morgan fingerprint density at radius 1 is 1.20 bits per heavy atom. The lowest BCUT2D eigenvalue weighted by molar-refractivity contribution is 0.433. The molecule has 2 heterocycles. The van der Waals surface area contributed by atoms with Crippen LogP contribution in [-0.4, -0.2) is 15.1 Å². The molecule has 0 saturated carbocycles. The van der Waals surface area contributed by atoms with Gasteiger partial charge < -0.3 is 10.3 Å². The van der Waals surface area contributed by atoms with Crippen LogP contribution in [0.4, 0.5) is 5.13 Å². The van der Waals surface area contributed by atoms with E-state index >= 15 is 0 Å². The van der Waals surface area contributed by atoms with Crippen LogP contribution in [0, 0.1) is 6.92 Å². The second kappa shape index (κ2) is 5.05. The number of aromatic nitrogens is 3. The molecule has 0 unspecified atom stereocenters.